The molecule has 1 atom stereocenters. The summed E-state index contributed by atoms with van der Waals surface area (Å²) in [6.07, 6.45) is 3.93. The molecule has 1 aromatic heterocycles. The number of nitrogens with zero attached hydrogens (tertiary/aromatic N) is 2. The van der Waals surface area contributed by atoms with E-state index in [1.165, 1.54) is 5.75 Å². The van der Waals surface area contributed by atoms with Crippen LogP contribution in [-0.2, 0) is 0 Å². The normalized spacial score (nSPS) is 12.5. The zero-order chi connectivity index (χ0) is 11.3. The lowest BCUT2D eigenvalue weighted by Crippen LogP contribution is -2.15. The number of hydrogen-bond acceptors (Lipinski definition) is 4. The van der Waals surface area contributed by atoms with E-state index in [9.17, 15) is 0 Å². The second kappa shape index (κ2) is 5.95. The zero-order valence-corrected chi connectivity index (χ0v) is 10.7. The van der Waals surface area contributed by atoms with Gasteiger partial charge in [-0.15, -0.1) is 0 Å². The molecule has 0 amide bonds. The molecule has 0 aromatic carbocycles. The molecule has 0 spiro atoms. The van der Waals surface area contributed by atoms with Gasteiger partial charge in [0, 0.05) is 12.7 Å². The highest BCUT2D eigenvalue weighted by atomic mass is 32.2. The summed E-state index contributed by atoms with van der Waals surface area (Å²) in [7, 11) is 0. The van der Waals surface area contributed by atoms with Gasteiger partial charge in [-0.2, -0.15) is 11.8 Å². The predicted molar refractivity (Wildman–Crippen MR) is 67.5 cm³/mol. The van der Waals surface area contributed by atoms with E-state index >= 15 is 0 Å². The van der Waals surface area contributed by atoms with E-state index in [0.717, 1.165) is 23.8 Å². The number of anilines is 1. The Morgan fingerprint density at radius 1 is 1.47 bits per heavy atom. The van der Waals surface area contributed by atoms with E-state index in [-0.39, 0.29) is 0 Å². The van der Waals surface area contributed by atoms with Gasteiger partial charge in [0.15, 0.2) is 0 Å². The molecule has 0 aliphatic rings. The molecule has 0 saturated carbocycles. The molecule has 0 aliphatic heterocycles. The Balaban J connectivity index is 2.53. The van der Waals surface area contributed by atoms with E-state index in [1.54, 1.807) is 6.20 Å². The summed E-state index contributed by atoms with van der Waals surface area (Å²) in [4.78, 5) is 8.70. The minimum atomic E-state index is 0.654. The molecule has 0 fully saturated rings. The number of nitrogens with one attached hydrogen (secondary N) is 1. The van der Waals surface area contributed by atoms with E-state index in [1.807, 2.05) is 25.6 Å². The van der Waals surface area contributed by atoms with E-state index < -0.39 is 0 Å². The first-order valence-corrected chi connectivity index (χ1v) is 6.56. The number of aryl methyl sites for hydroxylation is 2. The van der Waals surface area contributed by atoms with Crippen LogP contribution in [0.25, 0.3) is 0 Å². The van der Waals surface area contributed by atoms with Gasteiger partial charge < -0.3 is 5.32 Å². The van der Waals surface area contributed by atoms with Crippen molar-refractivity contribution in [3.05, 3.63) is 17.6 Å². The molecule has 1 aromatic rings. The Hall–Kier alpha value is -0.770. The van der Waals surface area contributed by atoms with Gasteiger partial charge in [0.2, 0.25) is 0 Å². The van der Waals surface area contributed by atoms with Crippen molar-refractivity contribution < 1.29 is 0 Å². The summed E-state index contributed by atoms with van der Waals surface area (Å²) >= 11 is 1.88. The van der Waals surface area contributed by atoms with Crippen LogP contribution >= 0.6 is 11.8 Å². The van der Waals surface area contributed by atoms with Crippen LogP contribution < -0.4 is 5.32 Å². The third kappa shape index (κ3) is 4.08. The quantitative estimate of drug-likeness (QED) is 0.835. The maximum absolute atomic E-state index is 4.42. The molecule has 15 heavy (non-hydrogen) atoms. The fourth-order valence-corrected chi connectivity index (χ4v) is 2.01. The molecule has 1 N–H and O–H groups in total. The smallest absolute Gasteiger partial charge is 0.147 e. The molecule has 84 valence electrons. The van der Waals surface area contributed by atoms with Gasteiger partial charge in [-0.1, -0.05) is 6.92 Å². The Kier molecular flexibility index (Phi) is 4.88. The maximum Gasteiger partial charge on any atom is 0.147 e. The summed E-state index contributed by atoms with van der Waals surface area (Å²) in [6, 6.07) is 0. The topological polar surface area (TPSA) is 37.8 Å². The molecule has 0 radical (unpaired) electrons. The SMILES string of the molecule is CSCC(C)CNc1nc(C)cnc1C. The minimum Gasteiger partial charge on any atom is -0.368 e. The second-order valence-corrected chi connectivity index (χ2v) is 4.80. The molecule has 1 unspecified atom stereocenters. The first kappa shape index (κ1) is 12.3. The monoisotopic (exact) mass is 225 g/mol. The third-order valence-electron chi connectivity index (χ3n) is 2.15. The lowest BCUT2D eigenvalue weighted by Gasteiger charge is -2.13. The van der Waals surface area contributed by atoms with Crippen LogP contribution in [0.4, 0.5) is 5.82 Å². The van der Waals surface area contributed by atoms with Gasteiger partial charge in [0.05, 0.1) is 11.4 Å². The largest absolute Gasteiger partial charge is 0.368 e. The molecular weight excluding hydrogens is 206 g/mol. The average molecular weight is 225 g/mol. The first-order valence-electron chi connectivity index (χ1n) is 5.16. The Morgan fingerprint density at radius 2 is 2.20 bits per heavy atom. The standard InChI is InChI=1S/C11H19N3S/c1-8(7-15-4)5-13-11-10(3)12-6-9(2)14-11/h6,8H,5,7H2,1-4H3,(H,13,14). The van der Waals surface area contributed by atoms with Gasteiger partial charge in [0.1, 0.15) is 5.82 Å². The molecule has 1 rings (SSSR count). The van der Waals surface area contributed by atoms with Crippen molar-refractivity contribution in [1.82, 2.24) is 9.97 Å². The fourth-order valence-electron chi connectivity index (χ4n) is 1.32. The summed E-state index contributed by atoms with van der Waals surface area (Å²) in [5.41, 5.74) is 1.93. The number of hydrogen-bond donors (Lipinski definition) is 1. The molecular formula is C11H19N3S. The van der Waals surface area contributed by atoms with Gasteiger partial charge in [-0.3, -0.25) is 4.98 Å². The highest BCUT2D eigenvalue weighted by Crippen LogP contribution is 2.11. The van der Waals surface area contributed by atoms with E-state index in [0.29, 0.717) is 5.92 Å². The predicted octanol–water partition coefficient (Wildman–Crippen LogP) is 2.50. The first-order chi connectivity index (χ1) is 7.13. The van der Waals surface area contributed by atoms with Gasteiger partial charge in [-0.25, -0.2) is 4.98 Å². The Labute approximate surface area is 96.1 Å². The fraction of sp³-hybridized carbons (Fsp3) is 0.636. The summed E-state index contributed by atoms with van der Waals surface area (Å²) in [5.74, 6) is 2.75. The number of aromatic nitrogens is 2. The van der Waals surface area contributed by atoms with Gasteiger partial charge >= 0.3 is 0 Å². The molecule has 1 heterocycles. The van der Waals surface area contributed by atoms with Gasteiger partial charge in [0.25, 0.3) is 0 Å². The lowest BCUT2D eigenvalue weighted by atomic mass is 10.2. The maximum atomic E-state index is 4.42. The van der Waals surface area contributed by atoms with Crippen LogP contribution in [0.3, 0.4) is 0 Å². The van der Waals surface area contributed by atoms with Crippen LogP contribution in [0, 0.1) is 19.8 Å². The van der Waals surface area contributed by atoms with Gasteiger partial charge in [-0.05, 0) is 31.8 Å². The number of thioether (sulfide) groups is 1. The Bertz CT molecular complexity index is 315. The van der Waals surface area contributed by atoms with Crippen LogP contribution in [0.2, 0.25) is 0 Å². The van der Waals surface area contributed by atoms with E-state index in [4.69, 9.17) is 0 Å². The van der Waals surface area contributed by atoms with Crippen LogP contribution in [0.15, 0.2) is 6.20 Å². The van der Waals surface area contributed by atoms with Crippen molar-refractivity contribution in [3.8, 4) is 0 Å². The van der Waals surface area contributed by atoms with Crippen LogP contribution in [0.5, 0.6) is 0 Å². The molecule has 0 aliphatic carbocycles. The lowest BCUT2D eigenvalue weighted by molar-refractivity contribution is 0.698. The van der Waals surface area contributed by atoms with E-state index in [2.05, 4.69) is 28.5 Å². The van der Waals surface area contributed by atoms with Crippen molar-refractivity contribution in [1.29, 1.82) is 0 Å². The van der Waals surface area contributed by atoms with Crippen LogP contribution in [-0.4, -0.2) is 28.5 Å². The van der Waals surface area contributed by atoms with Crippen molar-refractivity contribution >= 4 is 17.6 Å². The Morgan fingerprint density at radius 3 is 2.87 bits per heavy atom. The summed E-state index contributed by atoms with van der Waals surface area (Å²) in [5, 5.41) is 3.35. The summed E-state index contributed by atoms with van der Waals surface area (Å²) < 4.78 is 0. The molecule has 4 heteroatoms. The second-order valence-electron chi connectivity index (χ2n) is 3.89. The third-order valence-corrected chi connectivity index (χ3v) is 3.05. The van der Waals surface area contributed by atoms with Crippen molar-refractivity contribution in [3.63, 3.8) is 0 Å². The molecule has 0 bridgehead atoms. The molecule has 0 saturated heterocycles. The average Bonchev–Trinajstić information content (AvgIpc) is 2.20. The zero-order valence-electron chi connectivity index (χ0n) is 9.87. The summed E-state index contributed by atoms with van der Waals surface area (Å²) in [6.45, 7) is 7.14. The van der Waals surface area contributed by atoms with Crippen molar-refractivity contribution in [2.45, 2.75) is 20.8 Å². The molecule has 3 nitrogen and oxygen atoms in total. The van der Waals surface area contributed by atoms with Crippen LogP contribution in [0.1, 0.15) is 18.3 Å². The highest BCUT2D eigenvalue weighted by molar-refractivity contribution is 7.98. The number of rotatable bonds is 5. The minimum absolute atomic E-state index is 0.654. The van der Waals surface area contributed by atoms with Crippen molar-refractivity contribution in [2.75, 3.05) is 23.9 Å². The highest BCUT2D eigenvalue weighted by Gasteiger charge is 2.04. The van der Waals surface area contributed by atoms with Crippen molar-refractivity contribution in [2.24, 2.45) is 5.92 Å².